The maximum Gasteiger partial charge on any atom is 0.199 e. The van der Waals surface area contributed by atoms with Crippen LogP contribution in [0, 0.1) is 21.9 Å². The largest absolute Gasteiger partial charge is 0.376 e. The highest BCUT2D eigenvalue weighted by molar-refractivity contribution is 7.71. The van der Waals surface area contributed by atoms with Crippen LogP contribution in [-0.2, 0) is 24.5 Å². The van der Waals surface area contributed by atoms with Gasteiger partial charge in [0, 0.05) is 31.8 Å². The molecule has 184 valence electrons. The summed E-state index contributed by atoms with van der Waals surface area (Å²) in [4.78, 5) is 4.43. The van der Waals surface area contributed by atoms with Gasteiger partial charge >= 0.3 is 0 Å². The van der Waals surface area contributed by atoms with Crippen LogP contribution in [-0.4, -0.2) is 64.0 Å². The van der Waals surface area contributed by atoms with Gasteiger partial charge in [0.15, 0.2) is 10.6 Å². The first-order valence-corrected chi connectivity index (χ1v) is 12.2. The number of halogens is 1. The summed E-state index contributed by atoms with van der Waals surface area (Å²) in [6.45, 7) is 4.30. The van der Waals surface area contributed by atoms with Crippen LogP contribution in [0.1, 0.15) is 24.0 Å². The lowest BCUT2D eigenvalue weighted by atomic mass is 10.1. The van der Waals surface area contributed by atoms with E-state index >= 15 is 0 Å². The fourth-order valence-corrected chi connectivity index (χ4v) is 4.44. The molecule has 3 aromatic rings. The van der Waals surface area contributed by atoms with Crippen molar-refractivity contribution in [2.45, 2.75) is 38.7 Å². The molecule has 7 nitrogen and oxygen atoms in total. The molecule has 1 aliphatic heterocycles. The molecule has 1 aromatic heterocycles. The minimum absolute atomic E-state index is 0.0991. The third kappa shape index (κ3) is 6.61. The lowest BCUT2D eigenvalue weighted by Crippen LogP contribution is -2.33. The van der Waals surface area contributed by atoms with Gasteiger partial charge in [0.1, 0.15) is 5.82 Å². The number of ether oxygens (including phenoxy) is 1. The van der Waals surface area contributed by atoms with E-state index in [0.717, 1.165) is 49.5 Å². The summed E-state index contributed by atoms with van der Waals surface area (Å²) in [6, 6.07) is 16.2. The monoisotopic (exact) mass is 494 g/mol. The first-order valence-electron chi connectivity index (χ1n) is 11.8. The Balaban J connectivity index is 1.63. The van der Waals surface area contributed by atoms with Crippen molar-refractivity contribution in [2.75, 3.05) is 33.8 Å². The minimum atomic E-state index is -0.283. The highest BCUT2D eigenvalue weighted by Crippen LogP contribution is 2.23. The van der Waals surface area contributed by atoms with E-state index < -0.39 is 0 Å². The van der Waals surface area contributed by atoms with Gasteiger partial charge in [-0.05, 0) is 81.1 Å². The molecule has 1 atom stereocenters. The summed E-state index contributed by atoms with van der Waals surface area (Å²) in [5.74, 6) is 0.436. The van der Waals surface area contributed by atoms with Crippen LogP contribution < -0.4 is 0 Å². The maximum absolute atomic E-state index is 13.6. The summed E-state index contributed by atoms with van der Waals surface area (Å²) < 4.78 is 23.9. The van der Waals surface area contributed by atoms with Crippen LogP contribution in [0.5, 0.6) is 0 Å². The van der Waals surface area contributed by atoms with E-state index in [9.17, 15) is 4.39 Å². The summed E-state index contributed by atoms with van der Waals surface area (Å²) in [6.07, 6.45) is 2.13. The molecule has 0 saturated carbocycles. The van der Waals surface area contributed by atoms with Crippen LogP contribution in [0.25, 0.3) is 11.4 Å². The van der Waals surface area contributed by atoms with Crippen LogP contribution in [0.4, 0.5) is 4.39 Å². The Kier molecular flexibility index (Phi) is 8.42. The quantitative estimate of drug-likeness (QED) is 0.392. The Bertz CT molecular complexity index is 1210. The van der Waals surface area contributed by atoms with Crippen molar-refractivity contribution < 1.29 is 9.13 Å². The van der Waals surface area contributed by atoms with E-state index in [2.05, 4.69) is 30.0 Å². The molecule has 0 spiro atoms. The summed E-state index contributed by atoms with van der Waals surface area (Å²) in [5.41, 5.74) is 2.58. The third-order valence-corrected chi connectivity index (χ3v) is 6.55. The average molecular weight is 495 g/mol. The van der Waals surface area contributed by atoms with E-state index in [1.165, 1.54) is 12.1 Å². The van der Waals surface area contributed by atoms with Gasteiger partial charge in [0.2, 0.25) is 0 Å². The van der Waals surface area contributed by atoms with Gasteiger partial charge in [-0.1, -0.05) is 12.1 Å². The number of nitriles is 1. The molecular weight excluding hydrogens is 463 g/mol. The molecule has 1 aliphatic rings. The van der Waals surface area contributed by atoms with Gasteiger partial charge in [-0.2, -0.15) is 10.4 Å². The smallest absolute Gasteiger partial charge is 0.199 e. The molecule has 0 radical (unpaired) electrons. The molecule has 4 rings (SSSR count). The van der Waals surface area contributed by atoms with Crippen molar-refractivity contribution >= 4 is 12.2 Å². The zero-order valence-electron chi connectivity index (χ0n) is 20.2. The lowest BCUT2D eigenvalue weighted by molar-refractivity contribution is 0.0966. The van der Waals surface area contributed by atoms with E-state index in [-0.39, 0.29) is 11.9 Å². The number of hydrogen-bond acceptors (Lipinski definition) is 6. The minimum Gasteiger partial charge on any atom is -0.376 e. The average Bonchev–Trinajstić information content (AvgIpc) is 3.47. The van der Waals surface area contributed by atoms with Gasteiger partial charge in [0.25, 0.3) is 0 Å². The molecular formula is C26H31FN6OS. The van der Waals surface area contributed by atoms with Gasteiger partial charge in [-0.15, -0.1) is 0 Å². The van der Waals surface area contributed by atoms with Crippen molar-refractivity contribution in [3.05, 3.63) is 70.2 Å². The molecule has 2 heterocycles. The topological polar surface area (TPSA) is 62.2 Å². The van der Waals surface area contributed by atoms with Crippen molar-refractivity contribution in [1.29, 1.82) is 5.26 Å². The van der Waals surface area contributed by atoms with Crippen LogP contribution >= 0.6 is 12.2 Å². The van der Waals surface area contributed by atoms with Gasteiger partial charge < -0.3 is 9.64 Å². The zero-order valence-corrected chi connectivity index (χ0v) is 21.0. The molecule has 2 aromatic carbocycles. The molecule has 1 saturated heterocycles. The van der Waals surface area contributed by atoms with Crippen LogP contribution in [0.2, 0.25) is 0 Å². The standard InChI is InChI=1S/C26H31FN6OS/c1-30(2)13-14-31(17-21-7-5-20(16-28)6-8-21)19-33-26(35)32(18-24-4-3-15-34-24)25(29-33)22-9-11-23(27)12-10-22/h5-12,24H,3-4,13-15,17-19H2,1-2H3. The number of aromatic nitrogens is 3. The molecule has 1 fully saturated rings. The summed E-state index contributed by atoms with van der Waals surface area (Å²) in [7, 11) is 4.10. The Morgan fingerprint density at radius 2 is 1.89 bits per heavy atom. The van der Waals surface area contributed by atoms with Crippen molar-refractivity contribution in [1.82, 2.24) is 24.1 Å². The number of likely N-dealkylation sites (N-methyl/N-ethyl adjacent to an activating group) is 1. The van der Waals surface area contributed by atoms with Gasteiger partial charge in [-0.25, -0.2) is 9.07 Å². The molecule has 0 amide bonds. The van der Waals surface area contributed by atoms with Crippen molar-refractivity contribution in [3.63, 3.8) is 0 Å². The van der Waals surface area contributed by atoms with Crippen LogP contribution in [0.3, 0.4) is 0 Å². The second-order valence-corrected chi connectivity index (χ2v) is 9.53. The lowest BCUT2D eigenvalue weighted by Gasteiger charge is -2.24. The zero-order chi connectivity index (χ0) is 24.8. The predicted octanol–water partition coefficient (Wildman–Crippen LogP) is 4.29. The Morgan fingerprint density at radius 1 is 1.14 bits per heavy atom. The Hall–Kier alpha value is -2.90. The van der Waals surface area contributed by atoms with Crippen molar-refractivity contribution in [3.8, 4) is 17.5 Å². The second kappa shape index (κ2) is 11.7. The second-order valence-electron chi connectivity index (χ2n) is 9.16. The highest BCUT2D eigenvalue weighted by atomic mass is 32.1. The summed E-state index contributed by atoms with van der Waals surface area (Å²) in [5, 5.41) is 14.0. The Labute approximate surface area is 211 Å². The summed E-state index contributed by atoms with van der Waals surface area (Å²) >= 11 is 5.89. The van der Waals surface area contributed by atoms with Gasteiger partial charge in [0.05, 0.1) is 31.0 Å². The molecule has 0 bridgehead atoms. The molecule has 0 aliphatic carbocycles. The number of nitrogens with zero attached hydrogens (tertiary/aromatic N) is 6. The SMILES string of the molecule is CN(C)CCN(Cc1ccc(C#N)cc1)Cn1nc(-c2ccc(F)cc2)n(CC2CCCO2)c1=S. The molecule has 1 unspecified atom stereocenters. The van der Waals surface area contributed by atoms with Gasteiger partial charge in [-0.3, -0.25) is 9.47 Å². The normalized spacial score (nSPS) is 15.7. The maximum atomic E-state index is 13.6. The fraction of sp³-hybridized carbons (Fsp3) is 0.423. The first-order chi connectivity index (χ1) is 16.9. The first kappa shape index (κ1) is 25.2. The number of rotatable bonds is 10. The number of benzene rings is 2. The van der Waals surface area contributed by atoms with E-state index in [1.807, 2.05) is 33.5 Å². The van der Waals surface area contributed by atoms with E-state index in [1.54, 1.807) is 12.1 Å². The van der Waals surface area contributed by atoms with Crippen molar-refractivity contribution in [2.24, 2.45) is 0 Å². The Morgan fingerprint density at radius 3 is 2.51 bits per heavy atom. The fourth-order valence-electron chi connectivity index (χ4n) is 4.18. The highest BCUT2D eigenvalue weighted by Gasteiger charge is 2.21. The van der Waals surface area contributed by atoms with E-state index in [0.29, 0.717) is 30.1 Å². The third-order valence-electron chi connectivity index (χ3n) is 6.12. The molecule has 35 heavy (non-hydrogen) atoms. The van der Waals surface area contributed by atoms with Crippen LogP contribution in [0.15, 0.2) is 48.5 Å². The predicted molar refractivity (Wildman–Crippen MR) is 136 cm³/mol. The van der Waals surface area contributed by atoms with E-state index in [4.69, 9.17) is 27.3 Å². The molecule has 9 heteroatoms. The number of hydrogen-bond donors (Lipinski definition) is 0. The molecule has 0 N–H and O–H groups in total.